The zero-order chi connectivity index (χ0) is 14.7. The number of hydrogen-bond donors (Lipinski definition) is 2. The Bertz CT molecular complexity index is 667. The van der Waals surface area contributed by atoms with Gasteiger partial charge in [-0.1, -0.05) is 54.6 Å². The van der Waals surface area contributed by atoms with E-state index in [0.29, 0.717) is 0 Å². The first-order valence-corrected chi connectivity index (χ1v) is 8.01. The van der Waals surface area contributed by atoms with Crippen molar-refractivity contribution in [2.45, 2.75) is 0 Å². The third-order valence-electron chi connectivity index (χ3n) is 3.23. The first-order chi connectivity index (χ1) is 10.2. The molecule has 3 rings (SSSR count). The average Bonchev–Trinajstić information content (AvgIpc) is 2.52. The number of benzene rings is 3. The smallest absolute Gasteiger partial charge is 0.115 e. The fourth-order valence-corrected chi connectivity index (χ4v) is 4.49. The van der Waals surface area contributed by atoms with Crippen molar-refractivity contribution >= 4 is 40.8 Å². The Labute approximate surface area is 141 Å². The Morgan fingerprint density at radius 3 is 1.27 bits per heavy atom. The zero-order valence-corrected chi connectivity index (χ0v) is 14.4. The standard InChI is InChI=1S/C18H15O2P.BrH/c19-14-6-10-17(11-7-14)21(16-4-2-1-3-5-16)18-12-8-15(20)9-13-18;/h1-13,19-20H;1H. The van der Waals surface area contributed by atoms with Crippen LogP contribution < -0.4 is 15.9 Å². The molecule has 0 aliphatic heterocycles. The van der Waals surface area contributed by atoms with Gasteiger partial charge >= 0.3 is 0 Å². The molecule has 2 N–H and O–H groups in total. The van der Waals surface area contributed by atoms with E-state index >= 15 is 0 Å². The summed E-state index contributed by atoms with van der Waals surface area (Å²) < 4.78 is 0. The summed E-state index contributed by atoms with van der Waals surface area (Å²) in [5, 5.41) is 22.6. The number of phenols is 2. The lowest BCUT2D eigenvalue weighted by Crippen LogP contribution is -2.20. The Kier molecular flexibility index (Phi) is 5.59. The van der Waals surface area contributed by atoms with Crippen LogP contribution >= 0.6 is 24.9 Å². The third-order valence-corrected chi connectivity index (χ3v) is 5.67. The van der Waals surface area contributed by atoms with E-state index in [9.17, 15) is 10.2 Å². The molecule has 4 heteroatoms. The average molecular weight is 375 g/mol. The van der Waals surface area contributed by atoms with Gasteiger partial charge in [-0.15, -0.1) is 17.0 Å². The molecule has 0 saturated carbocycles. The number of rotatable bonds is 3. The molecule has 0 radical (unpaired) electrons. The summed E-state index contributed by atoms with van der Waals surface area (Å²) in [7, 11) is -0.693. The minimum atomic E-state index is -0.693. The van der Waals surface area contributed by atoms with Crippen molar-refractivity contribution in [1.29, 1.82) is 0 Å². The number of phenolic OH excluding ortho intramolecular Hbond substituents is 2. The molecule has 0 fully saturated rings. The predicted octanol–water partition coefficient (Wildman–Crippen LogP) is 3.43. The van der Waals surface area contributed by atoms with Gasteiger partial charge in [0, 0.05) is 0 Å². The molecule has 2 nitrogen and oxygen atoms in total. The first-order valence-electron chi connectivity index (χ1n) is 6.67. The number of hydrogen-bond acceptors (Lipinski definition) is 2. The summed E-state index contributed by atoms with van der Waals surface area (Å²) in [6.45, 7) is 0. The maximum atomic E-state index is 9.49. The van der Waals surface area contributed by atoms with E-state index in [1.54, 1.807) is 24.3 Å². The normalized spacial score (nSPS) is 10.2. The monoisotopic (exact) mass is 374 g/mol. The molecule has 0 atom stereocenters. The molecule has 0 unspecified atom stereocenters. The predicted molar refractivity (Wildman–Crippen MR) is 98.8 cm³/mol. The highest BCUT2D eigenvalue weighted by Gasteiger charge is 2.16. The lowest BCUT2D eigenvalue weighted by Gasteiger charge is -2.19. The molecule has 0 amide bonds. The van der Waals surface area contributed by atoms with E-state index in [2.05, 4.69) is 12.1 Å². The second-order valence-corrected chi connectivity index (χ2v) is 6.92. The topological polar surface area (TPSA) is 40.5 Å². The fraction of sp³-hybridized carbons (Fsp3) is 0. The van der Waals surface area contributed by atoms with Gasteiger partial charge < -0.3 is 10.2 Å². The molecular weight excluding hydrogens is 359 g/mol. The van der Waals surface area contributed by atoms with Gasteiger partial charge in [-0.05, 0) is 48.1 Å². The van der Waals surface area contributed by atoms with E-state index < -0.39 is 7.92 Å². The van der Waals surface area contributed by atoms with E-state index in [1.807, 2.05) is 42.5 Å². The van der Waals surface area contributed by atoms with Crippen LogP contribution in [0.4, 0.5) is 0 Å². The van der Waals surface area contributed by atoms with Gasteiger partial charge in [0.25, 0.3) is 0 Å². The van der Waals surface area contributed by atoms with Gasteiger partial charge in [-0.2, -0.15) is 0 Å². The van der Waals surface area contributed by atoms with E-state index in [-0.39, 0.29) is 28.5 Å². The number of halogens is 1. The lowest BCUT2D eigenvalue weighted by molar-refractivity contribution is 0.475. The van der Waals surface area contributed by atoms with E-state index in [1.165, 1.54) is 15.9 Å². The fourth-order valence-electron chi connectivity index (χ4n) is 2.23. The van der Waals surface area contributed by atoms with Gasteiger partial charge in [0.2, 0.25) is 0 Å². The van der Waals surface area contributed by atoms with Crippen molar-refractivity contribution in [2.75, 3.05) is 0 Å². The second kappa shape index (κ2) is 7.44. The van der Waals surface area contributed by atoms with Crippen LogP contribution in [0.15, 0.2) is 78.9 Å². The molecule has 0 aliphatic carbocycles. The number of aromatic hydroxyl groups is 2. The van der Waals surface area contributed by atoms with Gasteiger partial charge in [0.1, 0.15) is 11.5 Å². The van der Waals surface area contributed by atoms with Gasteiger partial charge in [-0.25, -0.2) is 0 Å². The summed E-state index contributed by atoms with van der Waals surface area (Å²) in [6.07, 6.45) is 0. The minimum absolute atomic E-state index is 0. The van der Waals surface area contributed by atoms with Crippen molar-refractivity contribution in [3.05, 3.63) is 78.9 Å². The van der Waals surface area contributed by atoms with Gasteiger partial charge in [0.15, 0.2) is 0 Å². The summed E-state index contributed by atoms with van der Waals surface area (Å²) in [5.41, 5.74) is 0. The summed E-state index contributed by atoms with van der Waals surface area (Å²) in [5.74, 6) is 0.542. The molecule has 0 aliphatic rings. The molecule has 0 heterocycles. The molecule has 112 valence electrons. The second-order valence-electron chi connectivity index (χ2n) is 4.70. The molecule has 0 bridgehead atoms. The van der Waals surface area contributed by atoms with Crippen molar-refractivity contribution < 1.29 is 10.2 Å². The maximum absolute atomic E-state index is 9.49. The highest BCUT2D eigenvalue weighted by Crippen LogP contribution is 2.33. The van der Waals surface area contributed by atoms with Crippen LogP contribution in [-0.4, -0.2) is 10.2 Å². The van der Waals surface area contributed by atoms with Crippen LogP contribution in [-0.2, 0) is 0 Å². The Hall–Kier alpha value is -1.83. The van der Waals surface area contributed by atoms with Gasteiger partial charge in [-0.3, -0.25) is 0 Å². The Balaban J connectivity index is 0.00000176. The third kappa shape index (κ3) is 3.68. The molecule has 3 aromatic rings. The summed E-state index contributed by atoms with van der Waals surface area (Å²) in [6, 6.07) is 25.0. The van der Waals surface area contributed by atoms with Crippen molar-refractivity contribution in [2.24, 2.45) is 0 Å². The summed E-state index contributed by atoms with van der Waals surface area (Å²) >= 11 is 0. The van der Waals surface area contributed by atoms with Crippen molar-refractivity contribution in [3.63, 3.8) is 0 Å². The highest BCUT2D eigenvalue weighted by atomic mass is 79.9. The minimum Gasteiger partial charge on any atom is -0.508 e. The maximum Gasteiger partial charge on any atom is 0.115 e. The van der Waals surface area contributed by atoms with Crippen LogP contribution in [0, 0.1) is 0 Å². The molecule has 0 spiro atoms. The molecule has 22 heavy (non-hydrogen) atoms. The van der Waals surface area contributed by atoms with Crippen LogP contribution in [0.1, 0.15) is 0 Å². The molecule has 0 saturated heterocycles. The lowest BCUT2D eigenvalue weighted by atomic mass is 10.3. The van der Waals surface area contributed by atoms with Crippen LogP contribution in [0.2, 0.25) is 0 Å². The Morgan fingerprint density at radius 1 is 0.500 bits per heavy atom. The first kappa shape index (κ1) is 16.5. The van der Waals surface area contributed by atoms with E-state index in [0.717, 1.165) is 0 Å². The largest absolute Gasteiger partial charge is 0.508 e. The van der Waals surface area contributed by atoms with Crippen LogP contribution in [0.5, 0.6) is 11.5 Å². The van der Waals surface area contributed by atoms with Crippen molar-refractivity contribution in [1.82, 2.24) is 0 Å². The SMILES string of the molecule is Br.Oc1ccc(P(c2ccccc2)c2ccc(O)cc2)cc1. The van der Waals surface area contributed by atoms with Crippen LogP contribution in [0.25, 0.3) is 0 Å². The van der Waals surface area contributed by atoms with E-state index in [4.69, 9.17) is 0 Å². The molecule has 0 aromatic heterocycles. The van der Waals surface area contributed by atoms with Gasteiger partial charge in [0.05, 0.1) is 0 Å². The molecular formula is C18H16BrO2P. The van der Waals surface area contributed by atoms with Crippen molar-refractivity contribution in [3.8, 4) is 11.5 Å². The molecule has 3 aromatic carbocycles. The van der Waals surface area contributed by atoms with Crippen LogP contribution in [0.3, 0.4) is 0 Å². The Morgan fingerprint density at radius 2 is 0.864 bits per heavy atom. The quantitative estimate of drug-likeness (QED) is 0.689. The summed E-state index contributed by atoms with van der Waals surface area (Å²) in [4.78, 5) is 0. The zero-order valence-electron chi connectivity index (χ0n) is 11.8. The highest BCUT2D eigenvalue weighted by molar-refractivity contribution is 8.93.